The van der Waals surface area contributed by atoms with Crippen LogP contribution in [0.4, 0.5) is 14.5 Å². The van der Waals surface area contributed by atoms with Crippen LogP contribution in [0.2, 0.25) is 0 Å². The summed E-state index contributed by atoms with van der Waals surface area (Å²) < 4.78 is 32.5. The first-order valence-electron chi connectivity index (χ1n) is 10.8. The van der Waals surface area contributed by atoms with Gasteiger partial charge in [-0.1, -0.05) is 35.7 Å². The molecule has 0 bridgehead atoms. The van der Waals surface area contributed by atoms with Gasteiger partial charge in [0, 0.05) is 34.1 Å². The minimum Gasteiger partial charge on any atom is -0.497 e. The highest BCUT2D eigenvalue weighted by molar-refractivity contribution is 8.14. The molecule has 34 heavy (non-hydrogen) atoms. The summed E-state index contributed by atoms with van der Waals surface area (Å²) in [5, 5.41) is 5.26. The van der Waals surface area contributed by atoms with Gasteiger partial charge in [-0.05, 0) is 68.3 Å². The summed E-state index contributed by atoms with van der Waals surface area (Å²) in [7, 11) is 1.68. The molecule has 1 aromatic heterocycles. The molecule has 0 saturated heterocycles. The molecule has 0 unspecified atom stereocenters. The number of aryl methyl sites for hydroxylation is 2. The summed E-state index contributed by atoms with van der Waals surface area (Å²) in [5.41, 5.74) is 9.53. The Morgan fingerprint density at radius 1 is 1.15 bits per heavy atom. The van der Waals surface area contributed by atoms with Gasteiger partial charge in [0.2, 0.25) is 0 Å². The van der Waals surface area contributed by atoms with Crippen LogP contribution in [-0.4, -0.2) is 34.1 Å². The van der Waals surface area contributed by atoms with E-state index in [1.54, 1.807) is 43.1 Å². The van der Waals surface area contributed by atoms with Crippen molar-refractivity contribution >= 4 is 40.1 Å². The largest absolute Gasteiger partial charge is 0.497 e. The Bertz CT molecular complexity index is 1190. The fourth-order valence-electron chi connectivity index (χ4n) is 3.80. The first kappa shape index (κ1) is 24.3. The standard InChI is InChI=1S/C25H26F2N4OS2/c1-16-14-22(17(2)31(16)13-12-18-4-8-20(32-3)9-5-18)23-15-33-25(30-29-23)28-19-6-10-21(11-7-19)34-24(26)27/h4-11,14,24H,12-13,15H2,1-3H3,(H,28,30). The molecule has 1 aliphatic rings. The molecule has 0 aliphatic carbocycles. The lowest BCUT2D eigenvalue weighted by molar-refractivity contribution is 0.252. The van der Waals surface area contributed by atoms with Gasteiger partial charge in [0.1, 0.15) is 5.75 Å². The van der Waals surface area contributed by atoms with Gasteiger partial charge in [0.15, 0.2) is 5.17 Å². The summed E-state index contributed by atoms with van der Waals surface area (Å²) in [4.78, 5) is 5.06. The van der Waals surface area contributed by atoms with E-state index in [1.165, 1.54) is 17.0 Å². The van der Waals surface area contributed by atoms with Crippen molar-refractivity contribution in [1.82, 2.24) is 9.99 Å². The maximum atomic E-state index is 12.5. The van der Waals surface area contributed by atoms with Crippen LogP contribution < -0.4 is 10.2 Å². The van der Waals surface area contributed by atoms with Crippen LogP contribution in [0, 0.1) is 13.8 Å². The van der Waals surface area contributed by atoms with Crippen molar-refractivity contribution < 1.29 is 13.5 Å². The Morgan fingerprint density at radius 3 is 2.50 bits per heavy atom. The van der Waals surface area contributed by atoms with E-state index in [0.29, 0.717) is 33.3 Å². The first-order valence-corrected chi connectivity index (χ1v) is 12.7. The average Bonchev–Trinajstić information content (AvgIpc) is 3.12. The van der Waals surface area contributed by atoms with Crippen molar-refractivity contribution in [3.8, 4) is 5.75 Å². The fourth-order valence-corrected chi connectivity index (χ4v) is 5.07. The molecule has 0 spiro atoms. The number of nitrogens with zero attached hydrogens (tertiary/aromatic N) is 3. The number of benzene rings is 2. The average molecular weight is 501 g/mol. The Labute approximate surface area is 206 Å². The highest BCUT2D eigenvalue weighted by atomic mass is 32.2. The number of hydrogen-bond acceptors (Lipinski definition) is 5. The van der Waals surface area contributed by atoms with E-state index in [1.807, 2.05) is 12.1 Å². The molecule has 0 atom stereocenters. The maximum Gasteiger partial charge on any atom is 0.288 e. The number of rotatable bonds is 8. The highest BCUT2D eigenvalue weighted by Crippen LogP contribution is 2.28. The van der Waals surface area contributed by atoms with E-state index in [2.05, 4.69) is 52.1 Å². The van der Waals surface area contributed by atoms with Crippen LogP contribution in [0.25, 0.3) is 0 Å². The number of thioether (sulfide) groups is 2. The van der Waals surface area contributed by atoms with Gasteiger partial charge in [-0.25, -0.2) is 4.99 Å². The normalized spacial score (nSPS) is 14.9. The van der Waals surface area contributed by atoms with E-state index in [0.717, 1.165) is 30.0 Å². The van der Waals surface area contributed by atoms with E-state index in [-0.39, 0.29) is 0 Å². The summed E-state index contributed by atoms with van der Waals surface area (Å²) in [5.74, 6) is -0.858. The second kappa shape index (κ2) is 11.1. The third kappa shape index (κ3) is 6.01. The highest BCUT2D eigenvalue weighted by Gasteiger charge is 2.19. The van der Waals surface area contributed by atoms with Crippen molar-refractivity contribution in [1.29, 1.82) is 0 Å². The van der Waals surface area contributed by atoms with Crippen LogP contribution in [0.15, 0.2) is 69.6 Å². The van der Waals surface area contributed by atoms with E-state index < -0.39 is 5.76 Å². The molecule has 4 rings (SSSR count). The van der Waals surface area contributed by atoms with Crippen LogP contribution in [0.5, 0.6) is 5.75 Å². The fraction of sp³-hybridized carbons (Fsp3) is 0.280. The van der Waals surface area contributed by atoms with Gasteiger partial charge in [0.25, 0.3) is 5.76 Å². The number of alkyl halides is 2. The lowest BCUT2D eigenvalue weighted by atomic mass is 10.1. The summed E-state index contributed by atoms with van der Waals surface area (Å²) >= 11 is 2.10. The van der Waals surface area contributed by atoms with Gasteiger partial charge in [-0.3, -0.25) is 5.43 Å². The molecule has 1 N–H and O–H groups in total. The molecule has 2 aromatic carbocycles. The number of aliphatic imine (C=N–C) groups is 1. The summed E-state index contributed by atoms with van der Waals surface area (Å²) in [6, 6.07) is 17.1. The van der Waals surface area contributed by atoms with Gasteiger partial charge < -0.3 is 9.30 Å². The topological polar surface area (TPSA) is 50.9 Å². The van der Waals surface area contributed by atoms with Crippen LogP contribution in [0.3, 0.4) is 0 Å². The molecule has 5 nitrogen and oxygen atoms in total. The predicted octanol–water partition coefficient (Wildman–Crippen LogP) is 6.40. The van der Waals surface area contributed by atoms with Crippen LogP contribution in [0.1, 0.15) is 22.5 Å². The minimum atomic E-state index is -2.43. The van der Waals surface area contributed by atoms with Crippen LogP contribution >= 0.6 is 23.5 Å². The molecule has 9 heteroatoms. The summed E-state index contributed by atoms with van der Waals surface area (Å²) in [6.07, 6.45) is 0.935. The second-order valence-corrected chi connectivity index (χ2v) is 9.81. The van der Waals surface area contributed by atoms with Crippen molar-refractivity contribution in [3.63, 3.8) is 0 Å². The number of hydrogen-bond donors (Lipinski definition) is 1. The van der Waals surface area contributed by atoms with Gasteiger partial charge in [-0.15, -0.1) is 0 Å². The number of aromatic nitrogens is 1. The molecule has 0 fully saturated rings. The number of ether oxygens (including phenoxy) is 1. The monoisotopic (exact) mass is 500 g/mol. The third-order valence-corrected chi connectivity index (χ3v) is 7.19. The van der Waals surface area contributed by atoms with Crippen molar-refractivity contribution in [2.24, 2.45) is 10.1 Å². The predicted molar refractivity (Wildman–Crippen MR) is 138 cm³/mol. The SMILES string of the molecule is COc1ccc(CCn2c(C)cc(C3=NNC(=Nc4ccc(SC(F)F)cc4)SC3)c2C)cc1. The van der Waals surface area contributed by atoms with Gasteiger partial charge in [-0.2, -0.15) is 13.9 Å². The van der Waals surface area contributed by atoms with Crippen molar-refractivity contribution in [3.05, 3.63) is 77.1 Å². The molecule has 0 saturated carbocycles. The van der Waals surface area contributed by atoms with E-state index in [9.17, 15) is 8.78 Å². The number of hydrazone groups is 1. The Balaban J connectivity index is 1.41. The Kier molecular flexibility index (Phi) is 7.95. The van der Waals surface area contributed by atoms with Gasteiger partial charge >= 0.3 is 0 Å². The lowest BCUT2D eigenvalue weighted by Gasteiger charge is -2.15. The van der Waals surface area contributed by atoms with Crippen LogP contribution in [-0.2, 0) is 13.0 Å². The van der Waals surface area contributed by atoms with Gasteiger partial charge in [0.05, 0.1) is 18.5 Å². The number of methoxy groups -OCH3 is 1. The van der Waals surface area contributed by atoms with E-state index >= 15 is 0 Å². The lowest BCUT2D eigenvalue weighted by Crippen LogP contribution is -2.25. The number of nitrogens with one attached hydrogen (secondary N) is 1. The van der Waals surface area contributed by atoms with E-state index in [4.69, 9.17) is 4.74 Å². The molecular formula is C25H26F2N4OS2. The zero-order chi connectivity index (χ0) is 24.1. The molecule has 0 radical (unpaired) electrons. The number of halogens is 2. The first-order chi connectivity index (χ1) is 16.4. The smallest absolute Gasteiger partial charge is 0.288 e. The quantitative estimate of drug-likeness (QED) is 0.364. The zero-order valence-electron chi connectivity index (χ0n) is 19.2. The molecule has 178 valence electrons. The molecule has 3 aromatic rings. The zero-order valence-corrected chi connectivity index (χ0v) is 20.9. The second-order valence-electron chi connectivity index (χ2n) is 7.78. The molecule has 2 heterocycles. The van der Waals surface area contributed by atoms with Crippen molar-refractivity contribution in [2.75, 3.05) is 12.9 Å². The molecule has 1 aliphatic heterocycles. The molecular weight excluding hydrogens is 474 g/mol. The maximum absolute atomic E-state index is 12.5. The Morgan fingerprint density at radius 2 is 1.88 bits per heavy atom. The van der Waals surface area contributed by atoms with Crippen molar-refractivity contribution in [2.45, 2.75) is 37.5 Å². The molecule has 0 amide bonds. The number of amidine groups is 1. The Hall–Kier alpha value is -2.78. The summed E-state index contributed by atoms with van der Waals surface area (Å²) in [6.45, 7) is 5.15. The third-order valence-electron chi connectivity index (χ3n) is 5.59. The minimum absolute atomic E-state index is 0.519.